The smallest absolute Gasteiger partial charge is 0.335 e. The number of carboxylic acid groups (broad SMARTS) is 1. The largest absolute Gasteiger partial charge is 0.478 e. The fraction of sp³-hybridized carbons (Fsp3) is 0.429. The molecule has 4 nitrogen and oxygen atoms in total. The van der Waals surface area contributed by atoms with Crippen molar-refractivity contribution in [3.8, 4) is 0 Å². The van der Waals surface area contributed by atoms with Gasteiger partial charge in [0, 0.05) is 12.1 Å². The van der Waals surface area contributed by atoms with E-state index < -0.39 is 5.97 Å². The third kappa shape index (κ3) is 4.99. The van der Waals surface area contributed by atoms with Crippen LogP contribution in [0.4, 0.5) is 5.69 Å². The van der Waals surface area contributed by atoms with Crippen molar-refractivity contribution >= 4 is 17.6 Å². The molecule has 98 valence electrons. The summed E-state index contributed by atoms with van der Waals surface area (Å²) < 4.78 is 0. The number of anilines is 1. The van der Waals surface area contributed by atoms with Crippen LogP contribution in [0.3, 0.4) is 0 Å². The topological polar surface area (TPSA) is 66.4 Å². The number of nitrogens with one attached hydrogen (secondary N) is 1. The Balaban J connectivity index is 2.44. The molecule has 18 heavy (non-hydrogen) atoms. The molecule has 0 saturated carbocycles. The summed E-state index contributed by atoms with van der Waals surface area (Å²) in [5.41, 5.74) is 0.717. The van der Waals surface area contributed by atoms with Crippen LogP contribution in [0, 0.1) is 0 Å². The molecule has 0 spiro atoms. The Kier molecular flexibility index (Phi) is 5.91. The SMILES string of the molecule is CCCCCCC(=O)Nc1cccc(C(=O)O)c1. The van der Waals surface area contributed by atoms with Gasteiger partial charge in [-0.1, -0.05) is 32.3 Å². The number of carboxylic acids is 1. The van der Waals surface area contributed by atoms with Gasteiger partial charge in [-0.15, -0.1) is 0 Å². The van der Waals surface area contributed by atoms with Crippen LogP contribution in [0.15, 0.2) is 24.3 Å². The first kappa shape index (κ1) is 14.2. The minimum atomic E-state index is -0.992. The number of unbranched alkanes of at least 4 members (excludes halogenated alkanes) is 3. The molecular weight excluding hydrogens is 230 g/mol. The van der Waals surface area contributed by atoms with E-state index in [4.69, 9.17) is 5.11 Å². The first-order valence-corrected chi connectivity index (χ1v) is 6.26. The predicted octanol–water partition coefficient (Wildman–Crippen LogP) is 3.29. The summed E-state index contributed by atoms with van der Waals surface area (Å²) >= 11 is 0. The summed E-state index contributed by atoms with van der Waals surface area (Å²) in [5.74, 6) is -1.05. The van der Waals surface area contributed by atoms with Crippen LogP contribution in [0.1, 0.15) is 49.4 Å². The number of hydrogen-bond acceptors (Lipinski definition) is 2. The van der Waals surface area contributed by atoms with Crippen molar-refractivity contribution in [2.75, 3.05) is 5.32 Å². The van der Waals surface area contributed by atoms with Crippen molar-refractivity contribution in [3.05, 3.63) is 29.8 Å². The molecule has 1 aromatic rings. The lowest BCUT2D eigenvalue weighted by Gasteiger charge is -2.05. The third-order valence-electron chi connectivity index (χ3n) is 2.65. The van der Waals surface area contributed by atoms with E-state index in [1.807, 2.05) is 0 Å². The van der Waals surface area contributed by atoms with E-state index in [1.165, 1.54) is 12.1 Å². The van der Waals surface area contributed by atoms with Crippen molar-refractivity contribution in [2.24, 2.45) is 0 Å². The Labute approximate surface area is 107 Å². The van der Waals surface area contributed by atoms with Crippen LogP contribution in [0.5, 0.6) is 0 Å². The quantitative estimate of drug-likeness (QED) is 0.729. The van der Waals surface area contributed by atoms with Gasteiger partial charge in [0.15, 0.2) is 0 Å². The third-order valence-corrected chi connectivity index (χ3v) is 2.65. The van der Waals surface area contributed by atoms with Crippen LogP contribution >= 0.6 is 0 Å². The zero-order valence-electron chi connectivity index (χ0n) is 10.6. The van der Waals surface area contributed by atoms with E-state index in [0.29, 0.717) is 12.1 Å². The molecule has 0 fully saturated rings. The molecule has 0 saturated heterocycles. The standard InChI is InChI=1S/C14H19NO3/c1-2-3-4-5-9-13(16)15-12-8-6-7-11(10-12)14(17)18/h6-8,10H,2-5,9H2,1H3,(H,15,16)(H,17,18). The predicted molar refractivity (Wildman–Crippen MR) is 70.8 cm³/mol. The zero-order chi connectivity index (χ0) is 13.4. The van der Waals surface area contributed by atoms with Gasteiger partial charge in [0.2, 0.25) is 5.91 Å². The van der Waals surface area contributed by atoms with Crippen LogP contribution in [-0.4, -0.2) is 17.0 Å². The van der Waals surface area contributed by atoms with E-state index in [2.05, 4.69) is 12.2 Å². The summed E-state index contributed by atoms with van der Waals surface area (Å²) in [5, 5.41) is 11.5. The Bertz CT molecular complexity index is 415. The number of carbonyl (C=O) groups excluding carboxylic acids is 1. The van der Waals surface area contributed by atoms with Gasteiger partial charge in [-0.3, -0.25) is 4.79 Å². The van der Waals surface area contributed by atoms with Gasteiger partial charge in [0.05, 0.1) is 5.56 Å². The number of rotatable bonds is 7. The van der Waals surface area contributed by atoms with Gasteiger partial charge in [-0.25, -0.2) is 4.79 Å². The fourth-order valence-electron chi connectivity index (χ4n) is 1.67. The minimum absolute atomic E-state index is 0.0614. The summed E-state index contributed by atoms with van der Waals surface area (Å²) in [6, 6.07) is 6.28. The van der Waals surface area contributed by atoms with Gasteiger partial charge >= 0.3 is 5.97 Å². The second-order valence-electron chi connectivity index (χ2n) is 4.24. The van der Waals surface area contributed by atoms with Crippen molar-refractivity contribution in [2.45, 2.75) is 39.0 Å². The van der Waals surface area contributed by atoms with Gasteiger partial charge in [0.25, 0.3) is 0 Å². The average Bonchev–Trinajstić information content (AvgIpc) is 2.35. The monoisotopic (exact) mass is 249 g/mol. The minimum Gasteiger partial charge on any atom is -0.478 e. The zero-order valence-corrected chi connectivity index (χ0v) is 10.6. The van der Waals surface area contributed by atoms with Crippen LogP contribution in [0.25, 0.3) is 0 Å². The molecule has 1 rings (SSSR count). The highest BCUT2D eigenvalue weighted by atomic mass is 16.4. The highest BCUT2D eigenvalue weighted by Crippen LogP contribution is 2.12. The van der Waals surface area contributed by atoms with Gasteiger partial charge in [-0.05, 0) is 24.6 Å². The van der Waals surface area contributed by atoms with E-state index in [9.17, 15) is 9.59 Å². The number of benzene rings is 1. The fourth-order valence-corrected chi connectivity index (χ4v) is 1.67. The molecule has 0 radical (unpaired) electrons. The Morgan fingerprint density at radius 3 is 2.67 bits per heavy atom. The average molecular weight is 249 g/mol. The molecule has 0 heterocycles. The molecule has 0 atom stereocenters. The Hall–Kier alpha value is -1.84. The van der Waals surface area contributed by atoms with E-state index in [1.54, 1.807) is 12.1 Å². The summed E-state index contributed by atoms with van der Waals surface area (Å²) in [4.78, 5) is 22.4. The van der Waals surface area contributed by atoms with Gasteiger partial charge in [0.1, 0.15) is 0 Å². The second kappa shape index (κ2) is 7.48. The van der Waals surface area contributed by atoms with E-state index in [-0.39, 0.29) is 11.5 Å². The maximum atomic E-state index is 11.6. The summed E-state index contributed by atoms with van der Waals surface area (Å²) in [6.07, 6.45) is 4.69. The number of carbonyl (C=O) groups is 2. The first-order valence-electron chi connectivity index (χ1n) is 6.26. The highest BCUT2D eigenvalue weighted by molar-refractivity contribution is 5.93. The molecule has 1 amide bonds. The molecule has 0 bridgehead atoms. The molecule has 0 aromatic heterocycles. The Morgan fingerprint density at radius 2 is 2.00 bits per heavy atom. The molecule has 4 heteroatoms. The lowest BCUT2D eigenvalue weighted by molar-refractivity contribution is -0.116. The molecule has 2 N–H and O–H groups in total. The number of amides is 1. The molecular formula is C14H19NO3. The van der Waals surface area contributed by atoms with Crippen molar-refractivity contribution in [1.82, 2.24) is 0 Å². The molecule has 1 aromatic carbocycles. The maximum absolute atomic E-state index is 11.6. The van der Waals surface area contributed by atoms with E-state index >= 15 is 0 Å². The van der Waals surface area contributed by atoms with Crippen molar-refractivity contribution in [3.63, 3.8) is 0 Å². The summed E-state index contributed by atoms with van der Waals surface area (Å²) in [7, 11) is 0. The summed E-state index contributed by atoms with van der Waals surface area (Å²) in [6.45, 7) is 2.12. The van der Waals surface area contributed by atoms with Crippen LogP contribution in [0.2, 0.25) is 0 Å². The molecule has 0 unspecified atom stereocenters. The molecule has 0 aliphatic rings. The normalized spacial score (nSPS) is 10.1. The molecule has 0 aliphatic carbocycles. The van der Waals surface area contributed by atoms with Gasteiger partial charge < -0.3 is 10.4 Å². The number of aromatic carboxylic acids is 1. The molecule has 0 aliphatic heterocycles. The lowest BCUT2D eigenvalue weighted by Crippen LogP contribution is -2.11. The maximum Gasteiger partial charge on any atom is 0.335 e. The van der Waals surface area contributed by atoms with Gasteiger partial charge in [-0.2, -0.15) is 0 Å². The number of hydrogen-bond donors (Lipinski definition) is 2. The van der Waals surface area contributed by atoms with Crippen LogP contribution < -0.4 is 5.32 Å². The second-order valence-corrected chi connectivity index (χ2v) is 4.24. The van der Waals surface area contributed by atoms with Crippen molar-refractivity contribution in [1.29, 1.82) is 0 Å². The highest BCUT2D eigenvalue weighted by Gasteiger charge is 2.05. The first-order chi connectivity index (χ1) is 8.63. The van der Waals surface area contributed by atoms with Crippen molar-refractivity contribution < 1.29 is 14.7 Å². The Morgan fingerprint density at radius 1 is 1.22 bits per heavy atom. The van der Waals surface area contributed by atoms with Crippen LogP contribution in [-0.2, 0) is 4.79 Å². The van der Waals surface area contributed by atoms with E-state index in [0.717, 1.165) is 25.7 Å². The lowest BCUT2D eigenvalue weighted by atomic mass is 10.1.